The number of alkyl halides is 2. The average molecular weight is 281 g/mol. The van der Waals surface area contributed by atoms with Crippen LogP contribution in [0.3, 0.4) is 0 Å². The summed E-state index contributed by atoms with van der Waals surface area (Å²) in [6.07, 6.45) is -3.08. The third kappa shape index (κ3) is 2.72. The van der Waals surface area contributed by atoms with E-state index in [1.807, 2.05) is 0 Å². The molecule has 8 heteroatoms. The Morgan fingerprint density at radius 3 is 2.41 bits per heavy atom. The van der Waals surface area contributed by atoms with E-state index in [4.69, 9.17) is 21.7 Å². The Labute approximate surface area is 101 Å². The van der Waals surface area contributed by atoms with Crippen molar-refractivity contribution in [2.45, 2.75) is 17.9 Å². The van der Waals surface area contributed by atoms with Gasteiger partial charge in [0.1, 0.15) is 0 Å². The van der Waals surface area contributed by atoms with Crippen LogP contribution in [0.25, 0.3) is 0 Å². The number of hydrogen-bond donors (Lipinski definition) is 1. The fraction of sp³-hybridized carbons (Fsp3) is 0.222. The average Bonchev–Trinajstić information content (AvgIpc) is 2.25. The summed E-state index contributed by atoms with van der Waals surface area (Å²) in [5, 5.41) is 8.72. The van der Waals surface area contributed by atoms with Gasteiger partial charge in [-0.2, -0.15) is 5.26 Å². The minimum atomic E-state index is -4.31. The highest BCUT2D eigenvalue weighted by Crippen LogP contribution is 2.33. The molecular formula is C9H7ClF2N2O2S. The summed E-state index contributed by atoms with van der Waals surface area (Å²) in [6, 6.07) is 3.65. The molecule has 0 aliphatic rings. The van der Waals surface area contributed by atoms with Crippen LogP contribution in [0.5, 0.6) is 0 Å². The van der Waals surface area contributed by atoms with Crippen LogP contribution in [0.1, 0.15) is 23.1 Å². The maximum atomic E-state index is 12.8. The summed E-state index contributed by atoms with van der Waals surface area (Å²) in [4.78, 5) is -0.714. The number of hydrogen-bond acceptors (Lipinski definition) is 4. The van der Waals surface area contributed by atoms with Gasteiger partial charge in [-0.05, 0) is 17.7 Å². The van der Waals surface area contributed by atoms with Crippen molar-refractivity contribution in [2.24, 2.45) is 5.73 Å². The number of rotatable bonds is 3. The molecule has 0 bridgehead atoms. The van der Waals surface area contributed by atoms with Gasteiger partial charge in [0.15, 0.2) is 0 Å². The summed E-state index contributed by atoms with van der Waals surface area (Å²) >= 11 is 0. The second-order valence-electron chi connectivity index (χ2n) is 3.06. The molecule has 0 heterocycles. The highest BCUT2D eigenvalue weighted by molar-refractivity contribution is 8.13. The molecular weight excluding hydrogens is 274 g/mol. The molecule has 4 nitrogen and oxygen atoms in total. The smallest absolute Gasteiger partial charge is 0.265 e. The summed E-state index contributed by atoms with van der Waals surface area (Å²) in [6.45, 7) is -0.372. The van der Waals surface area contributed by atoms with Crippen molar-refractivity contribution >= 4 is 19.7 Å². The summed E-state index contributed by atoms with van der Waals surface area (Å²) in [5.74, 6) is 0. The number of nitriles is 1. The molecule has 0 aliphatic carbocycles. The van der Waals surface area contributed by atoms with E-state index in [0.717, 1.165) is 12.1 Å². The molecule has 0 aromatic heterocycles. The Morgan fingerprint density at radius 2 is 2.06 bits per heavy atom. The van der Waals surface area contributed by atoms with Crippen LogP contribution in [0.15, 0.2) is 17.0 Å². The lowest BCUT2D eigenvalue weighted by atomic mass is 10.0. The quantitative estimate of drug-likeness (QED) is 0.857. The van der Waals surface area contributed by atoms with Gasteiger partial charge in [0.25, 0.3) is 15.5 Å². The molecule has 0 fully saturated rings. The topological polar surface area (TPSA) is 84.0 Å². The van der Waals surface area contributed by atoms with E-state index in [9.17, 15) is 17.2 Å². The lowest BCUT2D eigenvalue weighted by Gasteiger charge is -2.12. The Kier molecular flexibility index (Phi) is 4.03. The summed E-state index contributed by atoms with van der Waals surface area (Å²) in [7, 11) is 0.739. The second-order valence-corrected chi connectivity index (χ2v) is 5.59. The molecule has 0 radical (unpaired) electrons. The van der Waals surface area contributed by atoms with Gasteiger partial charge in [-0.25, -0.2) is 17.2 Å². The van der Waals surface area contributed by atoms with E-state index < -0.39 is 25.9 Å². The minimum absolute atomic E-state index is 0.0909. The van der Waals surface area contributed by atoms with Crippen molar-refractivity contribution in [3.8, 4) is 6.07 Å². The minimum Gasteiger partial charge on any atom is -0.326 e. The predicted molar refractivity (Wildman–Crippen MR) is 57.0 cm³/mol. The van der Waals surface area contributed by atoms with Gasteiger partial charge in [0, 0.05) is 22.8 Å². The maximum Gasteiger partial charge on any atom is 0.265 e. The first-order chi connectivity index (χ1) is 7.82. The van der Waals surface area contributed by atoms with Crippen molar-refractivity contribution in [2.75, 3.05) is 0 Å². The first-order valence-electron chi connectivity index (χ1n) is 4.31. The molecule has 0 saturated heterocycles. The van der Waals surface area contributed by atoms with Crippen LogP contribution in [0.2, 0.25) is 0 Å². The van der Waals surface area contributed by atoms with Gasteiger partial charge in [0.05, 0.1) is 16.5 Å². The van der Waals surface area contributed by atoms with Gasteiger partial charge in [0.2, 0.25) is 0 Å². The van der Waals surface area contributed by atoms with Gasteiger partial charge < -0.3 is 5.73 Å². The maximum absolute atomic E-state index is 12.8. The second kappa shape index (κ2) is 4.96. The van der Waals surface area contributed by atoms with Crippen LogP contribution in [-0.2, 0) is 15.6 Å². The molecule has 2 N–H and O–H groups in total. The third-order valence-corrected chi connectivity index (χ3v) is 3.50. The van der Waals surface area contributed by atoms with Crippen LogP contribution >= 0.6 is 10.7 Å². The van der Waals surface area contributed by atoms with E-state index in [1.165, 1.54) is 0 Å². The van der Waals surface area contributed by atoms with E-state index in [-0.39, 0.29) is 17.7 Å². The number of nitrogens with zero attached hydrogens (tertiary/aromatic N) is 1. The van der Waals surface area contributed by atoms with Crippen LogP contribution < -0.4 is 5.73 Å². The highest BCUT2D eigenvalue weighted by atomic mass is 35.7. The van der Waals surface area contributed by atoms with Crippen LogP contribution in [0.4, 0.5) is 8.78 Å². The normalized spacial score (nSPS) is 11.5. The van der Waals surface area contributed by atoms with Crippen molar-refractivity contribution in [1.82, 2.24) is 0 Å². The fourth-order valence-corrected chi connectivity index (χ4v) is 2.53. The lowest BCUT2D eigenvalue weighted by molar-refractivity contribution is 0.146. The van der Waals surface area contributed by atoms with Crippen molar-refractivity contribution in [3.05, 3.63) is 28.8 Å². The molecule has 17 heavy (non-hydrogen) atoms. The van der Waals surface area contributed by atoms with Gasteiger partial charge in [-0.1, -0.05) is 0 Å². The van der Waals surface area contributed by atoms with Crippen molar-refractivity contribution in [1.29, 1.82) is 5.26 Å². The number of nitrogens with two attached hydrogens (primary N) is 1. The monoisotopic (exact) mass is 280 g/mol. The molecule has 0 unspecified atom stereocenters. The third-order valence-electron chi connectivity index (χ3n) is 2.12. The standard InChI is InChI=1S/C9H7ClF2N2O2S/c10-17(15,16)7-2-1-5(3-13)6(4-14)8(7)9(11)12/h1-2,9H,4,14H2. The molecule has 1 aromatic rings. The predicted octanol–water partition coefficient (Wildman–Crippen LogP) is 1.88. The number of benzene rings is 1. The molecule has 1 aromatic carbocycles. The van der Waals surface area contributed by atoms with E-state index in [2.05, 4.69) is 0 Å². The summed E-state index contributed by atoms with van der Waals surface area (Å²) in [5.41, 5.74) is 4.16. The zero-order valence-corrected chi connectivity index (χ0v) is 9.89. The molecule has 0 atom stereocenters. The summed E-state index contributed by atoms with van der Waals surface area (Å²) < 4.78 is 47.9. The van der Waals surface area contributed by atoms with Gasteiger partial charge in [-0.3, -0.25) is 0 Å². The lowest BCUT2D eigenvalue weighted by Crippen LogP contribution is -2.09. The van der Waals surface area contributed by atoms with Crippen LogP contribution in [-0.4, -0.2) is 8.42 Å². The zero-order valence-electron chi connectivity index (χ0n) is 8.32. The molecule has 0 spiro atoms. The van der Waals surface area contributed by atoms with E-state index >= 15 is 0 Å². The van der Waals surface area contributed by atoms with E-state index in [0.29, 0.717) is 0 Å². The largest absolute Gasteiger partial charge is 0.326 e. The fourth-order valence-electron chi connectivity index (χ4n) is 1.42. The molecule has 92 valence electrons. The molecule has 1 rings (SSSR count). The number of halogens is 3. The Hall–Kier alpha value is -1.23. The zero-order chi connectivity index (χ0) is 13.2. The van der Waals surface area contributed by atoms with Crippen molar-refractivity contribution < 1.29 is 17.2 Å². The molecule has 0 saturated carbocycles. The van der Waals surface area contributed by atoms with Crippen LogP contribution in [0, 0.1) is 11.3 Å². The van der Waals surface area contributed by atoms with E-state index in [1.54, 1.807) is 6.07 Å². The Morgan fingerprint density at radius 1 is 1.47 bits per heavy atom. The van der Waals surface area contributed by atoms with Gasteiger partial charge >= 0.3 is 0 Å². The first-order valence-corrected chi connectivity index (χ1v) is 6.62. The highest BCUT2D eigenvalue weighted by Gasteiger charge is 2.26. The Bertz CT molecular complexity index is 581. The first kappa shape index (κ1) is 13.8. The van der Waals surface area contributed by atoms with Crippen molar-refractivity contribution in [3.63, 3.8) is 0 Å². The molecule has 0 amide bonds. The molecule has 0 aliphatic heterocycles. The Balaban J connectivity index is 3.73. The van der Waals surface area contributed by atoms with Gasteiger partial charge in [-0.15, -0.1) is 0 Å². The SMILES string of the molecule is N#Cc1ccc(S(=O)(=O)Cl)c(C(F)F)c1CN.